The second kappa shape index (κ2) is 10.8. The number of rotatable bonds is 12. The molecular weight excluding hydrogens is 212 g/mol. The molecule has 0 spiro atoms. The maximum atomic E-state index is 5.72. The normalized spacial score (nSPS) is 11.7. The largest absolute Gasteiger partial charge is 0.381 e. The van der Waals surface area contributed by atoms with Gasteiger partial charge < -0.3 is 9.47 Å². The van der Waals surface area contributed by atoms with Gasteiger partial charge in [0.1, 0.15) is 0 Å². The molecule has 0 saturated heterocycles. The van der Waals surface area contributed by atoms with Crippen LogP contribution in [0.3, 0.4) is 0 Å². The highest BCUT2D eigenvalue weighted by Crippen LogP contribution is 2.23. The van der Waals surface area contributed by atoms with Crippen LogP contribution in [0.15, 0.2) is 12.7 Å². The average Bonchev–Trinajstić information content (AvgIpc) is 2.31. The van der Waals surface area contributed by atoms with E-state index in [1.807, 2.05) is 6.08 Å². The molecule has 2 heteroatoms. The number of hydrogen-bond donors (Lipinski definition) is 0. The highest BCUT2D eigenvalue weighted by atomic mass is 16.5. The fourth-order valence-corrected chi connectivity index (χ4v) is 1.64. The summed E-state index contributed by atoms with van der Waals surface area (Å²) in [5.41, 5.74) is 0.0865. The Morgan fingerprint density at radius 2 is 1.47 bits per heavy atom. The zero-order valence-corrected chi connectivity index (χ0v) is 12.0. The van der Waals surface area contributed by atoms with Gasteiger partial charge in [0.05, 0.1) is 13.2 Å². The zero-order valence-electron chi connectivity index (χ0n) is 12.0. The molecule has 0 aromatic heterocycles. The third kappa shape index (κ3) is 9.37. The first kappa shape index (κ1) is 16.7. The van der Waals surface area contributed by atoms with Crippen LogP contribution in [-0.2, 0) is 9.47 Å². The van der Waals surface area contributed by atoms with Crippen molar-refractivity contribution in [3.8, 4) is 0 Å². The summed E-state index contributed by atoms with van der Waals surface area (Å²) in [6.07, 6.45) is 7.57. The van der Waals surface area contributed by atoms with Gasteiger partial charge in [-0.1, -0.05) is 39.7 Å². The highest BCUT2D eigenvalue weighted by Gasteiger charge is 2.23. The molecular formula is C15H30O2. The first-order valence-electron chi connectivity index (χ1n) is 6.95. The minimum absolute atomic E-state index is 0.0865. The lowest BCUT2D eigenvalue weighted by atomic mass is 9.89. The van der Waals surface area contributed by atoms with Crippen LogP contribution in [0.1, 0.15) is 52.9 Å². The zero-order chi connectivity index (χ0) is 13.0. The van der Waals surface area contributed by atoms with E-state index < -0.39 is 0 Å². The monoisotopic (exact) mass is 242 g/mol. The minimum atomic E-state index is 0.0865. The van der Waals surface area contributed by atoms with Gasteiger partial charge in [-0.15, -0.1) is 6.58 Å². The van der Waals surface area contributed by atoms with E-state index in [1.54, 1.807) is 0 Å². The molecule has 102 valence electrons. The summed E-state index contributed by atoms with van der Waals surface area (Å²) < 4.78 is 11.4. The SMILES string of the molecule is C=CCC(C)(COCCCC)COCCCC. The molecule has 0 fully saturated rings. The van der Waals surface area contributed by atoms with Gasteiger partial charge in [0.15, 0.2) is 0 Å². The predicted molar refractivity (Wildman–Crippen MR) is 74.4 cm³/mol. The number of hydrogen-bond acceptors (Lipinski definition) is 2. The molecule has 0 bridgehead atoms. The van der Waals surface area contributed by atoms with E-state index in [-0.39, 0.29) is 5.41 Å². The van der Waals surface area contributed by atoms with Gasteiger partial charge in [0.2, 0.25) is 0 Å². The Morgan fingerprint density at radius 1 is 1.00 bits per heavy atom. The van der Waals surface area contributed by atoms with E-state index in [0.717, 1.165) is 45.7 Å². The Hall–Kier alpha value is -0.340. The van der Waals surface area contributed by atoms with Gasteiger partial charge >= 0.3 is 0 Å². The molecule has 0 radical (unpaired) electrons. The number of unbranched alkanes of at least 4 members (excludes halogenated alkanes) is 2. The van der Waals surface area contributed by atoms with Gasteiger partial charge in [0, 0.05) is 18.6 Å². The van der Waals surface area contributed by atoms with E-state index in [1.165, 1.54) is 12.8 Å². The van der Waals surface area contributed by atoms with Crippen molar-refractivity contribution in [2.24, 2.45) is 5.41 Å². The van der Waals surface area contributed by atoms with Crippen molar-refractivity contribution in [2.75, 3.05) is 26.4 Å². The van der Waals surface area contributed by atoms with E-state index >= 15 is 0 Å². The van der Waals surface area contributed by atoms with Crippen LogP contribution in [0.4, 0.5) is 0 Å². The van der Waals surface area contributed by atoms with Gasteiger partial charge in [-0.05, 0) is 19.3 Å². The van der Waals surface area contributed by atoms with E-state index in [0.29, 0.717) is 0 Å². The smallest absolute Gasteiger partial charge is 0.0544 e. The Bertz CT molecular complexity index is 166. The van der Waals surface area contributed by atoms with Gasteiger partial charge in [-0.2, -0.15) is 0 Å². The molecule has 0 aliphatic carbocycles. The molecule has 0 aromatic rings. The predicted octanol–water partition coefficient (Wildman–Crippen LogP) is 4.20. The number of ether oxygens (including phenoxy) is 2. The Morgan fingerprint density at radius 3 is 1.82 bits per heavy atom. The summed E-state index contributed by atoms with van der Waals surface area (Å²) in [6.45, 7) is 13.7. The van der Waals surface area contributed by atoms with Gasteiger partial charge in [0.25, 0.3) is 0 Å². The van der Waals surface area contributed by atoms with Crippen molar-refractivity contribution in [3.63, 3.8) is 0 Å². The van der Waals surface area contributed by atoms with Crippen molar-refractivity contribution in [2.45, 2.75) is 52.9 Å². The van der Waals surface area contributed by atoms with E-state index in [4.69, 9.17) is 9.47 Å². The summed E-state index contributed by atoms with van der Waals surface area (Å²) in [5.74, 6) is 0. The van der Waals surface area contributed by atoms with Crippen LogP contribution in [0, 0.1) is 5.41 Å². The summed E-state index contributed by atoms with van der Waals surface area (Å²) >= 11 is 0. The molecule has 0 aromatic carbocycles. The fraction of sp³-hybridized carbons (Fsp3) is 0.867. The van der Waals surface area contributed by atoms with Crippen LogP contribution in [0.25, 0.3) is 0 Å². The van der Waals surface area contributed by atoms with Crippen LogP contribution in [-0.4, -0.2) is 26.4 Å². The molecule has 0 atom stereocenters. The summed E-state index contributed by atoms with van der Waals surface area (Å²) in [7, 11) is 0. The van der Waals surface area contributed by atoms with E-state index in [2.05, 4.69) is 27.4 Å². The Labute approximate surface area is 107 Å². The van der Waals surface area contributed by atoms with E-state index in [9.17, 15) is 0 Å². The highest BCUT2D eigenvalue weighted by molar-refractivity contribution is 4.83. The second-order valence-corrected chi connectivity index (χ2v) is 5.12. The lowest BCUT2D eigenvalue weighted by molar-refractivity contribution is -0.0127. The third-order valence-electron chi connectivity index (χ3n) is 2.82. The maximum Gasteiger partial charge on any atom is 0.0544 e. The molecule has 0 N–H and O–H groups in total. The van der Waals surface area contributed by atoms with Crippen molar-refractivity contribution in [1.82, 2.24) is 0 Å². The van der Waals surface area contributed by atoms with Crippen LogP contribution >= 0.6 is 0 Å². The molecule has 0 rings (SSSR count). The average molecular weight is 242 g/mol. The fourth-order valence-electron chi connectivity index (χ4n) is 1.64. The summed E-state index contributed by atoms with van der Waals surface area (Å²) in [4.78, 5) is 0. The standard InChI is InChI=1S/C15H30O2/c1-5-8-11-16-13-15(4,10-7-3)14-17-12-9-6-2/h7H,3,5-6,8-14H2,1-2,4H3. The molecule has 17 heavy (non-hydrogen) atoms. The first-order valence-corrected chi connectivity index (χ1v) is 6.95. The molecule has 0 unspecified atom stereocenters. The van der Waals surface area contributed by atoms with Gasteiger partial charge in [-0.25, -0.2) is 0 Å². The first-order chi connectivity index (χ1) is 8.18. The summed E-state index contributed by atoms with van der Waals surface area (Å²) in [6, 6.07) is 0. The quantitative estimate of drug-likeness (QED) is 0.377. The summed E-state index contributed by atoms with van der Waals surface area (Å²) in [5, 5.41) is 0. The molecule has 0 aliphatic rings. The van der Waals surface area contributed by atoms with Crippen LogP contribution in [0.2, 0.25) is 0 Å². The second-order valence-electron chi connectivity index (χ2n) is 5.12. The Kier molecular flexibility index (Phi) is 10.6. The van der Waals surface area contributed by atoms with Crippen molar-refractivity contribution in [3.05, 3.63) is 12.7 Å². The van der Waals surface area contributed by atoms with Crippen molar-refractivity contribution in [1.29, 1.82) is 0 Å². The van der Waals surface area contributed by atoms with Crippen LogP contribution < -0.4 is 0 Å². The Balaban J connectivity index is 3.84. The topological polar surface area (TPSA) is 18.5 Å². The minimum Gasteiger partial charge on any atom is -0.381 e. The lowest BCUT2D eigenvalue weighted by Crippen LogP contribution is -2.29. The molecule has 0 saturated carbocycles. The lowest BCUT2D eigenvalue weighted by Gasteiger charge is -2.28. The third-order valence-corrected chi connectivity index (χ3v) is 2.82. The van der Waals surface area contributed by atoms with Crippen molar-refractivity contribution >= 4 is 0 Å². The van der Waals surface area contributed by atoms with Gasteiger partial charge in [-0.3, -0.25) is 0 Å². The molecule has 0 amide bonds. The molecule has 0 heterocycles. The maximum absolute atomic E-state index is 5.72. The molecule has 2 nitrogen and oxygen atoms in total. The number of allylic oxidation sites excluding steroid dienone is 1. The van der Waals surface area contributed by atoms with Crippen molar-refractivity contribution < 1.29 is 9.47 Å². The molecule has 0 aliphatic heterocycles. The van der Waals surface area contributed by atoms with Crippen LogP contribution in [0.5, 0.6) is 0 Å².